The summed E-state index contributed by atoms with van der Waals surface area (Å²) >= 11 is 11.7. The molecule has 0 fully saturated rings. The summed E-state index contributed by atoms with van der Waals surface area (Å²) in [5.74, 6) is -2.36. The largest absolute Gasteiger partial charge is 0.462 e. The van der Waals surface area contributed by atoms with Crippen LogP contribution in [-0.4, -0.2) is 25.2 Å². The molecule has 0 saturated carbocycles. The second kappa shape index (κ2) is 6.31. The van der Waals surface area contributed by atoms with Crippen molar-refractivity contribution in [2.24, 2.45) is 0 Å². The summed E-state index contributed by atoms with van der Waals surface area (Å²) in [6.45, 7) is 0.821. The van der Waals surface area contributed by atoms with E-state index >= 15 is 0 Å². The summed E-state index contributed by atoms with van der Waals surface area (Å²) in [6, 6.07) is 4.17. The van der Waals surface area contributed by atoms with Gasteiger partial charge in [-0.1, -0.05) is 23.2 Å². The first-order valence-corrected chi connectivity index (χ1v) is 6.82. The Morgan fingerprint density at radius 1 is 1.26 bits per heavy atom. The van der Waals surface area contributed by atoms with Crippen molar-refractivity contribution in [3.8, 4) is 0 Å². The van der Waals surface area contributed by atoms with Gasteiger partial charge in [-0.15, -0.1) is 0 Å². The van der Waals surface area contributed by atoms with E-state index in [4.69, 9.17) is 23.2 Å². The van der Waals surface area contributed by atoms with E-state index in [1.54, 1.807) is 0 Å². The minimum Gasteiger partial charge on any atom is -0.358 e. The number of rotatable bonds is 5. The van der Waals surface area contributed by atoms with Crippen LogP contribution in [0.2, 0.25) is 10.0 Å². The van der Waals surface area contributed by atoms with Gasteiger partial charge in [0.05, 0.1) is 5.02 Å². The highest BCUT2D eigenvalue weighted by atomic mass is 35.5. The van der Waals surface area contributed by atoms with Gasteiger partial charge in [-0.05, 0) is 28.0 Å². The van der Waals surface area contributed by atoms with Crippen LogP contribution in [0.4, 0.5) is 11.6 Å². The fourth-order valence-corrected chi connectivity index (χ4v) is 2.49. The molecular formula is C12H8Cl2N4O5. The number of hydrogen-bond donors (Lipinski definition) is 0. The minimum absolute atomic E-state index is 0.0261. The lowest BCUT2D eigenvalue weighted by Gasteiger charge is -2.04. The first-order chi connectivity index (χ1) is 10.7. The van der Waals surface area contributed by atoms with Crippen LogP contribution in [0.5, 0.6) is 0 Å². The molecule has 0 radical (unpaired) electrons. The lowest BCUT2D eigenvalue weighted by atomic mass is 10.1. The van der Waals surface area contributed by atoms with Gasteiger partial charge in [-0.3, -0.25) is 4.79 Å². The van der Waals surface area contributed by atoms with Gasteiger partial charge in [-0.2, -0.15) is 4.57 Å². The smallest absolute Gasteiger partial charge is 0.358 e. The number of ketones is 1. The number of nitro groups is 2. The average Bonchev–Trinajstić information content (AvgIpc) is 2.76. The number of carbonyl (C=O) groups is 1. The summed E-state index contributed by atoms with van der Waals surface area (Å²) in [7, 11) is 0. The molecule has 9 nitrogen and oxygen atoms in total. The molecule has 0 unspecified atom stereocenters. The number of halogens is 2. The summed E-state index contributed by atoms with van der Waals surface area (Å²) in [5.41, 5.74) is 0.0983. The molecule has 2 aromatic rings. The third kappa shape index (κ3) is 3.30. The van der Waals surface area contributed by atoms with E-state index < -0.39 is 33.8 Å². The number of hydrogen-bond acceptors (Lipinski definition) is 6. The first-order valence-electron chi connectivity index (χ1n) is 6.06. The summed E-state index contributed by atoms with van der Waals surface area (Å²) in [4.78, 5) is 35.8. The van der Waals surface area contributed by atoms with E-state index in [-0.39, 0.29) is 16.4 Å². The molecular weight excluding hydrogens is 351 g/mol. The average molecular weight is 359 g/mol. The number of carbonyl (C=O) groups excluding carboxylic acids is 1. The van der Waals surface area contributed by atoms with Crippen molar-refractivity contribution in [2.45, 2.75) is 13.5 Å². The topological polar surface area (TPSA) is 121 Å². The first kappa shape index (κ1) is 16.8. The predicted octanol–water partition coefficient (Wildman–Crippen LogP) is 3.20. The molecule has 0 amide bonds. The number of benzene rings is 1. The maximum absolute atomic E-state index is 12.3. The van der Waals surface area contributed by atoms with Crippen molar-refractivity contribution in [3.63, 3.8) is 0 Å². The van der Waals surface area contributed by atoms with Gasteiger partial charge in [0.2, 0.25) is 5.78 Å². The SMILES string of the molecule is Cc1nc([N+](=O)[O-])c([N+](=O)[O-])n1CC(=O)c1ccc(Cl)cc1Cl. The molecule has 23 heavy (non-hydrogen) atoms. The van der Waals surface area contributed by atoms with Crippen molar-refractivity contribution >= 4 is 40.6 Å². The molecule has 0 bridgehead atoms. The lowest BCUT2D eigenvalue weighted by Crippen LogP contribution is -2.14. The number of imidazole rings is 1. The maximum Gasteiger partial charge on any atom is 0.462 e. The van der Waals surface area contributed by atoms with Crippen molar-refractivity contribution in [1.29, 1.82) is 0 Å². The number of Topliss-reactive ketones (excluding diaryl/α,β-unsaturated/α-hetero) is 1. The zero-order valence-corrected chi connectivity index (χ0v) is 13.0. The van der Waals surface area contributed by atoms with E-state index in [2.05, 4.69) is 4.98 Å². The monoisotopic (exact) mass is 358 g/mol. The van der Waals surface area contributed by atoms with Crippen molar-refractivity contribution in [1.82, 2.24) is 9.55 Å². The normalized spacial score (nSPS) is 10.6. The molecule has 120 valence electrons. The molecule has 2 rings (SSSR count). The Bertz CT molecular complexity index is 833. The zero-order chi connectivity index (χ0) is 17.3. The van der Waals surface area contributed by atoms with E-state index in [9.17, 15) is 25.0 Å². The molecule has 1 heterocycles. The molecule has 0 aliphatic rings. The summed E-state index contributed by atoms with van der Waals surface area (Å²) in [6.07, 6.45) is 0. The third-order valence-electron chi connectivity index (χ3n) is 2.99. The van der Waals surface area contributed by atoms with Gasteiger partial charge in [0, 0.05) is 22.5 Å². The van der Waals surface area contributed by atoms with Crippen LogP contribution in [0.1, 0.15) is 16.2 Å². The molecule has 0 aliphatic carbocycles. The Balaban J connectivity index is 2.45. The highest BCUT2D eigenvalue weighted by Crippen LogP contribution is 2.28. The van der Waals surface area contributed by atoms with Crippen LogP contribution in [0.15, 0.2) is 18.2 Å². The predicted molar refractivity (Wildman–Crippen MR) is 81.1 cm³/mol. The zero-order valence-electron chi connectivity index (χ0n) is 11.5. The lowest BCUT2D eigenvalue weighted by molar-refractivity contribution is -0.428. The second-order valence-electron chi connectivity index (χ2n) is 4.45. The Morgan fingerprint density at radius 2 is 1.91 bits per heavy atom. The number of aryl methyl sites for hydroxylation is 1. The highest BCUT2D eigenvalue weighted by Gasteiger charge is 2.36. The van der Waals surface area contributed by atoms with E-state index in [0.29, 0.717) is 5.02 Å². The van der Waals surface area contributed by atoms with Crippen molar-refractivity contribution < 1.29 is 14.6 Å². The van der Waals surface area contributed by atoms with Gasteiger partial charge >= 0.3 is 17.5 Å². The standard InChI is InChI=1S/C12H8Cl2N4O5/c1-6-15-11(17(20)21)12(18(22)23)16(6)5-10(19)8-3-2-7(13)4-9(8)14/h2-4H,5H2,1H3. The van der Waals surface area contributed by atoms with Crippen LogP contribution >= 0.6 is 23.2 Å². The quantitative estimate of drug-likeness (QED) is 0.459. The van der Waals surface area contributed by atoms with Crippen LogP contribution < -0.4 is 0 Å². The molecule has 0 N–H and O–H groups in total. The molecule has 1 aromatic carbocycles. The summed E-state index contributed by atoms with van der Waals surface area (Å²) in [5, 5.41) is 22.3. The van der Waals surface area contributed by atoms with Crippen LogP contribution in [-0.2, 0) is 6.54 Å². The molecule has 0 aliphatic heterocycles. The molecule has 1 aromatic heterocycles. The van der Waals surface area contributed by atoms with Gasteiger partial charge < -0.3 is 20.2 Å². The second-order valence-corrected chi connectivity index (χ2v) is 5.30. The van der Waals surface area contributed by atoms with E-state index in [0.717, 1.165) is 4.57 Å². The number of nitrogens with zero attached hydrogens (tertiary/aromatic N) is 4. The van der Waals surface area contributed by atoms with E-state index in [1.807, 2.05) is 0 Å². The maximum atomic E-state index is 12.3. The van der Waals surface area contributed by atoms with Crippen molar-refractivity contribution in [2.75, 3.05) is 0 Å². The van der Waals surface area contributed by atoms with Crippen LogP contribution in [0.3, 0.4) is 0 Å². The number of aromatic nitrogens is 2. The third-order valence-corrected chi connectivity index (χ3v) is 3.54. The molecule has 0 spiro atoms. The fraction of sp³-hybridized carbons (Fsp3) is 0.167. The Kier molecular flexibility index (Phi) is 4.62. The van der Waals surface area contributed by atoms with Gasteiger partial charge in [-0.25, -0.2) is 0 Å². The summed E-state index contributed by atoms with van der Waals surface area (Å²) < 4.78 is 0.866. The molecule has 0 atom stereocenters. The Hall–Kier alpha value is -2.52. The van der Waals surface area contributed by atoms with Crippen molar-refractivity contribution in [3.05, 3.63) is 59.9 Å². The highest BCUT2D eigenvalue weighted by molar-refractivity contribution is 6.36. The van der Waals surface area contributed by atoms with Crippen LogP contribution in [0.25, 0.3) is 0 Å². The van der Waals surface area contributed by atoms with E-state index in [1.165, 1.54) is 25.1 Å². The Labute approximate surface area is 138 Å². The minimum atomic E-state index is -0.971. The van der Waals surface area contributed by atoms with Gasteiger partial charge in [0.25, 0.3) is 0 Å². The Morgan fingerprint density at radius 3 is 2.43 bits per heavy atom. The molecule has 11 heteroatoms. The molecule has 0 saturated heterocycles. The fourth-order valence-electron chi connectivity index (χ4n) is 1.97. The van der Waals surface area contributed by atoms with Gasteiger partial charge in [0.1, 0.15) is 0 Å². The van der Waals surface area contributed by atoms with Gasteiger partial charge in [0.15, 0.2) is 6.54 Å². The van der Waals surface area contributed by atoms with Crippen LogP contribution in [0, 0.1) is 27.2 Å².